The molecule has 0 spiro atoms. The first-order valence-electron chi connectivity index (χ1n) is 9.48. The van der Waals surface area contributed by atoms with E-state index in [1.54, 1.807) is 30.2 Å². The first-order chi connectivity index (χ1) is 13.2. The number of carbonyl (C=O) groups is 2. The highest BCUT2D eigenvalue weighted by atomic mass is 32.1. The van der Waals surface area contributed by atoms with Crippen LogP contribution in [-0.4, -0.2) is 30.5 Å². The Morgan fingerprint density at radius 2 is 2.04 bits per heavy atom. The van der Waals surface area contributed by atoms with Crippen LogP contribution in [0.15, 0.2) is 18.2 Å². The van der Waals surface area contributed by atoms with Gasteiger partial charge in [-0.25, -0.2) is 4.98 Å². The Balaban J connectivity index is 1.86. The maximum Gasteiger partial charge on any atom is 0.267 e. The highest BCUT2D eigenvalue weighted by Crippen LogP contribution is 2.34. The summed E-state index contributed by atoms with van der Waals surface area (Å²) in [4.78, 5) is 32.1. The molecule has 2 amide bonds. The van der Waals surface area contributed by atoms with Crippen LogP contribution in [0.25, 0.3) is 0 Å². The van der Waals surface area contributed by atoms with Crippen molar-refractivity contribution in [1.29, 1.82) is 0 Å². The van der Waals surface area contributed by atoms with Crippen molar-refractivity contribution in [3.8, 4) is 5.75 Å². The van der Waals surface area contributed by atoms with Crippen molar-refractivity contribution in [2.24, 2.45) is 0 Å². The molecule has 150 valence electrons. The molecule has 28 heavy (non-hydrogen) atoms. The molecule has 1 N–H and O–H groups in total. The Kier molecular flexibility index (Phi) is 5.74. The summed E-state index contributed by atoms with van der Waals surface area (Å²) in [5, 5.41) is 3.88. The fourth-order valence-electron chi connectivity index (χ4n) is 3.16. The predicted molar refractivity (Wildman–Crippen MR) is 113 cm³/mol. The number of piperidine rings is 1. The van der Waals surface area contributed by atoms with E-state index in [4.69, 9.17) is 4.74 Å². The molecule has 1 fully saturated rings. The standard InChI is InChI=1S/C21H27N3O3S/c1-13-18(28-20(22-13)21(2,3)4)19(26)23-14-9-10-16(27-5)15(12-14)24-11-7-6-8-17(24)25/h9-10,12H,6-8,11H2,1-5H3,(H,23,26). The summed E-state index contributed by atoms with van der Waals surface area (Å²) in [5.74, 6) is 0.518. The molecule has 0 unspecified atom stereocenters. The van der Waals surface area contributed by atoms with Gasteiger partial charge in [-0.3, -0.25) is 9.59 Å². The summed E-state index contributed by atoms with van der Waals surface area (Å²) in [7, 11) is 1.58. The van der Waals surface area contributed by atoms with Gasteiger partial charge < -0.3 is 15.0 Å². The second kappa shape index (κ2) is 7.91. The second-order valence-corrected chi connectivity index (χ2v) is 9.03. The average molecular weight is 402 g/mol. The maximum absolute atomic E-state index is 12.8. The lowest BCUT2D eigenvalue weighted by atomic mass is 9.98. The molecule has 2 heterocycles. The van der Waals surface area contributed by atoms with Crippen LogP contribution < -0.4 is 15.0 Å². The molecule has 0 radical (unpaired) electrons. The minimum Gasteiger partial charge on any atom is -0.495 e. The largest absolute Gasteiger partial charge is 0.495 e. The van der Waals surface area contributed by atoms with E-state index in [-0.39, 0.29) is 17.2 Å². The fourth-order valence-corrected chi connectivity index (χ4v) is 4.17. The molecular formula is C21H27N3O3S. The van der Waals surface area contributed by atoms with E-state index in [0.717, 1.165) is 23.5 Å². The average Bonchev–Trinajstić information content (AvgIpc) is 3.04. The van der Waals surface area contributed by atoms with Crippen LogP contribution in [0.3, 0.4) is 0 Å². The van der Waals surface area contributed by atoms with Crippen molar-refractivity contribution in [1.82, 2.24) is 4.98 Å². The number of thiazole rings is 1. The van der Waals surface area contributed by atoms with Gasteiger partial charge in [0.25, 0.3) is 5.91 Å². The van der Waals surface area contributed by atoms with E-state index in [9.17, 15) is 9.59 Å². The van der Waals surface area contributed by atoms with E-state index in [1.165, 1.54) is 11.3 Å². The zero-order chi connectivity index (χ0) is 20.5. The molecule has 1 aliphatic rings. The summed E-state index contributed by atoms with van der Waals surface area (Å²) in [5.41, 5.74) is 1.95. The van der Waals surface area contributed by atoms with Crippen molar-refractivity contribution < 1.29 is 14.3 Å². The van der Waals surface area contributed by atoms with E-state index >= 15 is 0 Å². The third-order valence-electron chi connectivity index (χ3n) is 4.70. The molecule has 6 nitrogen and oxygen atoms in total. The van der Waals surface area contributed by atoms with Crippen molar-refractivity contribution in [3.63, 3.8) is 0 Å². The van der Waals surface area contributed by atoms with Gasteiger partial charge in [-0.05, 0) is 38.0 Å². The van der Waals surface area contributed by atoms with Crippen LogP contribution >= 0.6 is 11.3 Å². The van der Waals surface area contributed by atoms with Crippen molar-refractivity contribution in [2.45, 2.75) is 52.4 Å². The van der Waals surface area contributed by atoms with Gasteiger partial charge in [0.15, 0.2) is 0 Å². The minimum atomic E-state index is -0.188. The number of methoxy groups -OCH3 is 1. The van der Waals surface area contributed by atoms with Gasteiger partial charge in [-0.1, -0.05) is 20.8 Å². The van der Waals surface area contributed by atoms with Gasteiger partial charge in [-0.2, -0.15) is 0 Å². The molecule has 1 aromatic carbocycles. The number of hydrogen-bond acceptors (Lipinski definition) is 5. The lowest BCUT2D eigenvalue weighted by molar-refractivity contribution is -0.119. The Hall–Kier alpha value is -2.41. The van der Waals surface area contributed by atoms with Gasteiger partial charge in [0.1, 0.15) is 10.6 Å². The van der Waals surface area contributed by atoms with Crippen LogP contribution in [-0.2, 0) is 10.2 Å². The second-order valence-electron chi connectivity index (χ2n) is 8.03. The smallest absolute Gasteiger partial charge is 0.267 e. The van der Waals surface area contributed by atoms with Gasteiger partial charge in [0, 0.05) is 24.1 Å². The van der Waals surface area contributed by atoms with Crippen LogP contribution in [0.2, 0.25) is 0 Å². The third-order valence-corrected chi connectivity index (χ3v) is 6.28. The minimum absolute atomic E-state index is 0.0844. The SMILES string of the molecule is COc1ccc(NC(=O)c2sc(C(C)(C)C)nc2C)cc1N1CCCCC1=O. The molecule has 3 rings (SSSR count). The molecule has 7 heteroatoms. The van der Waals surface area contributed by atoms with Crippen molar-refractivity contribution in [2.75, 3.05) is 23.9 Å². The quantitative estimate of drug-likeness (QED) is 0.817. The molecule has 1 saturated heterocycles. The highest BCUT2D eigenvalue weighted by Gasteiger charge is 2.25. The summed E-state index contributed by atoms with van der Waals surface area (Å²) in [6, 6.07) is 5.38. The number of ether oxygens (including phenoxy) is 1. The number of nitrogens with zero attached hydrogens (tertiary/aromatic N) is 2. The highest BCUT2D eigenvalue weighted by molar-refractivity contribution is 7.14. The van der Waals surface area contributed by atoms with E-state index < -0.39 is 0 Å². The molecule has 1 aromatic heterocycles. The Morgan fingerprint density at radius 1 is 1.29 bits per heavy atom. The molecule has 2 aromatic rings. The Morgan fingerprint density at radius 3 is 2.64 bits per heavy atom. The van der Waals surface area contributed by atoms with Gasteiger partial charge >= 0.3 is 0 Å². The van der Waals surface area contributed by atoms with Gasteiger partial charge in [0.05, 0.1) is 23.5 Å². The number of aryl methyl sites for hydroxylation is 1. The number of carbonyl (C=O) groups excluding carboxylic acids is 2. The fraction of sp³-hybridized carbons (Fsp3) is 0.476. The number of benzene rings is 1. The molecule has 0 saturated carbocycles. The van der Waals surface area contributed by atoms with Gasteiger partial charge in [0.2, 0.25) is 5.91 Å². The first-order valence-corrected chi connectivity index (χ1v) is 10.3. The number of anilines is 2. The summed E-state index contributed by atoms with van der Waals surface area (Å²) < 4.78 is 5.44. The molecule has 0 aliphatic carbocycles. The third kappa shape index (κ3) is 4.19. The Labute approximate surface area is 169 Å². The Bertz CT molecular complexity index is 899. The lowest BCUT2D eigenvalue weighted by Crippen LogP contribution is -2.35. The van der Waals surface area contributed by atoms with E-state index in [2.05, 4.69) is 31.1 Å². The lowest BCUT2D eigenvalue weighted by Gasteiger charge is -2.28. The van der Waals surface area contributed by atoms with Crippen LogP contribution in [0.4, 0.5) is 11.4 Å². The molecule has 1 aliphatic heterocycles. The number of nitrogens with one attached hydrogen (secondary N) is 1. The summed E-state index contributed by atoms with van der Waals surface area (Å²) >= 11 is 1.42. The maximum atomic E-state index is 12.8. The zero-order valence-electron chi connectivity index (χ0n) is 17.1. The molecule has 0 atom stereocenters. The number of aromatic nitrogens is 1. The van der Waals surface area contributed by atoms with E-state index in [1.807, 2.05) is 6.92 Å². The van der Waals surface area contributed by atoms with Gasteiger partial charge in [-0.15, -0.1) is 11.3 Å². The van der Waals surface area contributed by atoms with Crippen LogP contribution in [0.1, 0.15) is 60.4 Å². The number of amides is 2. The molecule has 0 bridgehead atoms. The summed E-state index contributed by atoms with van der Waals surface area (Å²) in [6.45, 7) is 8.76. The molecular weight excluding hydrogens is 374 g/mol. The van der Waals surface area contributed by atoms with Crippen molar-refractivity contribution >= 4 is 34.5 Å². The zero-order valence-corrected chi connectivity index (χ0v) is 17.9. The van der Waals surface area contributed by atoms with Crippen LogP contribution in [0, 0.1) is 6.92 Å². The number of rotatable bonds is 4. The van der Waals surface area contributed by atoms with E-state index in [0.29, 0.717) is 35.0 Å². The van der Waals surface area contributed by atoms with Crippen molar-refractivity contribution in [3.05, 3.63) is 33.8 Å². The first kappa shape index (κ1) is 20.3. The topological polar surface area (TPSA) is 71.5 Å². The summed E-state index contributed by atoms with van der Waals surface area (Å²) in [6.07, 6.45) is 2.41. The number of hydrogen-bond donors (Lipinski definition) is 1. The predicted octanol–water partition coefficient (Wildman–Crippen LogP) is 4.53. The van der Waals surface area contributed by atoms with Crippen LogP contribution in [0.5, 0.6) is 5.75 Å². The normalized spacial score (nSPS) is 14.9. The monoisotopic (exact) mass is 401 g/mol.